The number of carbonyl (C=O) groups is 3. The Kier molecular flexibility index (Phi) is 4.04. The Bertz CT molecular complexity index is 295. The zero-order valence-electron chi connectivity index (χ0n) is 9.60. The molecule has 1 heterocycles. The Morgan fingerprint density at radius 1 is 1.44 bits per heavy atom. The van der Waals surface area contributed by atoms with Crippen molar-refractivity contribution in [1.29, 1.82) is 0 Å². The van der Waals surface area contributed by atoms with Crippen LogP contribution in [0, 0.1) is 11.8 Å². The Hall–Kier alpha value is -1.39. The fourth-order valence-corrected chi connectivity index (χ4v) is 1.83. The molecule has 0 aliphatic carbocycles. The van der Waals surface area contributed by atoms with Gasteiger partial charge < -0.3 is 5.11 Å². The number of hydrogen-bond donors (Lipinski definition) is 1. The highest BCUT2D eigenvalue weighted by Crippen LogP contribution is 2.20. The summed E-state index contributed by atoms with van der Waals surface area (Å²) in [4.78, 5) is 35.1. The Morgan fingerprint density at radius 2 is 1.94 bits per heavy atom. The van der Waals surface area contributed by atoms with Crippen molar-refractivity contribution in [2.45, 2.75) is 33.1 Å². The molecule has 1 unspecified atom stereocenters. The highest BCUT2D eigenvalue weighted by molar-refractivity contribution is 5.98. The lowest BCUT2D eigenvalue weighted by molar-refractivity contribution is -0.152. The lowest BCUT2D eigenvalue weighted by atomic mass is 9.96. The summed E-state index contributed by atoms with van der Waals surface area (Å²) in [6.45, 7) is 3.60. The zero-order chi connectivity index (χ0) is 12.3. The standard InChI is InChI=1S/C11H17NO4/c1-3-8(11(15)16)6-12-9(13)4-7(2)5-10(12)14/h7-8H,3-6H2,1-2H3,(H,15,16). The van der Waals surface area contributed by atoms with Crippen molar-refractivity contribution >= 4 is 17.8 Å². The average molecular weight is 227 g/mol. The number of carboxylic acids is 1. The van der Waals surface area contributed by atoms with Crippen molar-refractivity contribution in [3.05, 3.63) is 0 Å². The van der Waals surface area contributed by atoms with Crippen LogP contribution >= 0.6 is 0 Å². The summed E-state index contributed by atoms with van der Waals surface area (Å²) in [7, 11) is 0. The van der Waals surface area contributed by atoms with Gasteiger partial charge in [-0.05, 0) is 12.3 Å². The van der Waals surface area contributed by atoms with Crippen molar-refractivity contribution in [3.63, 3.8) is 0 Å². The minimum absolute atomic E-state index is 0.0101. The monoisotopic (exact) mass is 227 g/mol. The van der Waals surface area contributed by atoms with Crippen LogP contribution in [-0.2, 0) is 14.4 Å². The van der Waals surface area contributed by atoms with Crippen LogP contribution < -0.4 is 0 Å². The molecule has 1 N–H and O–H groups in total. The van der Waals surface area contributed by atoms with Crippen LogP contribution in [0.25, 0.3) is 0 Å². The number of likely N-dealkylation sites (tertiary alicyclic amines) is 1. The molecule has 5 nitrogen and oxygen atoms in total. The summed E-state index contributed by atoms with van der Waals surface area (Å²) in [6.07, 6.45) is 1.09. The highest BCUT2D eigenvalue weighted by Gasteiger charge is 2.32. The molecule has 1 atom stereocenters. The van der Waals surface area contributed by atoms with Gasteiger partial charge in [0, 0.05) is 19.4 Å². The van der Waals surface area contributed by atoms with E-state index in [0.29, 0.717) is 19.3 Å². The SMILES string of the molecule is CCC(CN1C(=O)CC(C)CC1=O)C(=O)O. The predicted molar refractivity (Wildman–Crippen MR) is 56.5 cm³/mol. The third-order valence-electron chi connectivity index (χ3n) is 2.89. The van der Waals surface area contributed by atoms with Crippen LogP contribution in [-0.4, -0.2) is 34.3 Å². The van der Waals surface area contributed by atoms with E-state index in [0.717, 1.165) is 4.90 Å². The normalized spacial score (nSPS) is 20.0. The molecular weight excluding hydrogens is 210 g/mol. The molecule has 5 heteroatoms. The maximum absolute atomic E-state index is 11.6. The fourth-order valence-electron chi connectivity index (χ4n) is 1.83. The number of piperidine rings is 1. The number of nitrogens with zero attached hydrogens (tertiary/aromatic N) is 1. The lowest BCUT2D eigenvalue weighted by Gasteiger charge is -2.29. The van der Waals surface area contributed by atoms with Gasteiger partial charge in [0.15, 0.2) is 0 Å². The van der Waals surface area contributed by atoms with Crippen LogP contribution in [0.3, 0.4) is 0 Å². The first-order valence-corrected chi connectivity index (χ1v) is 5.51. The van der Waals surface area contributed by atoms with Crippen molar-refractivity contribution in [2.75, 3.05) is 6.54 Å². The van der Waals surface area contributed by atoms with Gasteiger partial charge in [-0.1, -0.05) is 13.8 Å². The molecule has 0 aromatic carbocycles. The molecule has 16 heavy (non-hydrogen) atoms. The molecule has 0 aromatic rings. The molecule has 1 rings (SSSR count). The van der Waals surface area contributed by atoms with Crippen LogP contribution in [0.5, 0.6) is 0 Å². The smallest absolute Gasteiger partial charge is 0.308 e. The largest absolute Gasteiger partial charge is 0.481 e. The van der Waals surface area contributed by atoms with Gasteiger partial charge in [-0.25, -0.2) is 0 Å². The Morgan fingerprint density at radius 3 is 2.31 bits per heavy atom. The zero-order valence-corrected chi connectivity index (χ0v) is 9.60. The topological polar surface area (TPSA) is 74.7 Å². The third-order valence-corrected chi connectivity index (χ3v) is 2.89. The van der Waals surface area contributed by atoms with E-state index >= 15 is 0 Å². The number of aliphatic carboxylic acids is 1. The van der Waals surface area contributed by atoms with Gasteiger partial charge in [0.05, 0.1) is 5.92 Å². The summed E-state index contributed by atoms with van der Waals surface area (Å²) < 4.78 is 0. The molecule has 1 fully saturated rings. The van der Waals surface area contributed by atoms with E-state index in [-0.39, 0.29) is 24.3 Å². The number of amides is 2. The number of rotatable bonds is 4. The first-order chi connectivity index (χ1) is 7.45. The van der Waals surface area contributed by atoms with Crippen molar-refractivity contribution in [3.8, 4) is 0 Å². The molecule has 2 amide bonds. The van der Waals surface area contributed by atoms with Gasteiger partial charge in [-0.15, -0.1) is 0 Å². The van der Waals surface area contributed by atoms with Gasteiger partial charge >= 0.3 is 5.97 Å². The maximum atomic E-state index is 11.6. The number of carboxylic acid groups (broad SMARTS) is 1. The van der Waals surface area contributed by atoms with Gasteiger partial charge in [-0.3, -0.25) is 19.3 Å². The second kappa shape index (κ2) is 5.09. The second-order valence-electron chi connectivity index (χ2n) is 4.35. The average Bonchev–Trinajstić information content (AvgIpc) is 2.15. The van der Waals surface area contributed by atoms with Crippen LogP contribution in [0.2, 0.25) is 0 Å². The molecule has 1 aliphatic rings. The van der Waals surface area contributed by atoms with E-state index < -0.39 is 11.9 Å². The van der Waals surface area contributed by atoms with Gasteiger partial charge in [-0.2, -0.15) is 0 Å². The first-order valence-electron chi connectivity index (χ1n) is 5.51. The Balaban J connectivity index is 2.68. The van der Waals surface area contributed by atoms with E-state index in [1.807, 2.05) is 6.92 Å². The Labute approximate surface area is 94.4 Å². The molecule has 1 aliphatic heterocycles. The minimum Gasteiger partial charge on any atom is -0.481 e. The lowest BCUT2D eigenvalue weighted by Crippen LogP contribution is -2.46. The third kappa shape index (κ3) is 2.81. The van der Waals surface area contributed by atoms with Crippen LogP contribution in [0.4, 0.5) is 0 Å². The molecule has 0 aromatic heterocycles. The fraction of sp³-hybridized carbons (Fsp3) is 0.727. The van der Waals surface area contributed by atoms with Crippen LogP contribution in [0.1, 0.15) is 33.1 Å². The van der Waals surface area contributed by atoms with Crippen molar-refractivity contribution in [2.24, 2.45) is 11.8 Å². The predicted octanol–water partition coefficient (Wildman–Crippen LogP) is 0.882. The quantitative estimate of drug-likeness (QED) is 0.723. The molecular formula is C11H17NO4. The van der Waals surface area contributed by atoms with Crippen molar-refractivity contribution in [1.82, 2.24) is 4.90 Å². The van der Waals surface area contributed by atoms with E-state index in [4.69, 9.17) is 5.11 Å². The molecule has 0 bridgehead atoms. The van der Waals surface area contributed by atoms with Gasteiger partial charge in [0.2, 0.25) is 11.8 Å². The van der Waals surface area contributed by atoms with Crippen molar-refractivity contribution < 1.29 is 19.5 Å². The first kappa shape index (κ1) is 12.7. The maximum Gasteiger partial charge on any atom is 0.308 e. The van der Waals surface area contributed by atoms with E-state index in [1.165, 1.54) is 0 Å². The molecule has 0 saturated carbocycles. The molecule has 0 radical (unpaired) electrons. The summed E-state index contributed by atoms with van der Waals surface area (Å²) >= 11 is 0. The number of carbonyl (C=O) groups excluding carboxylic acids is 2. The molecule has 1 saturated heterocycles. The molecule has 0 spiro atoms. The summed E-state index contributed by atoms with van der Waals surface area (Å²) in [6, 6.07) is 0. The number of hydrogen-bond acceptors (Lipinski definition) is 3. The summed E-state index contributed by atoms with van der Waals surface area (Å²) in [5, 5.41) is 8.88. The van der Waals surface area contributed by atoms with Crippen LogP contribution in [0.15, 0.2) is 0 Å². The number of imide groups is 1. The second-order valence-corrected chi connectivity index (χ2v) is 4.35. The summed E-state index contributed by atoms with van der Waals surface area (Å²) in [5.74, 6) is -2.03. The highest BCUT2D eigenvalue weighted by atomic mass is 16.4. The summed E-state index contributed by atoms with van der Waals surface area (Å²) in [5.41, 5.74) is 0. The van der Waals surface area contributed by atoms with Gasteiger partial charge in [0.1, 0.15) is 0 Å². The van der Waals surface area contributed by atoms with E-state index in [9.17, 15) is 14.4 Å². The molecule has 90 valence electrons. The van der Waals surface area contributed by atoms with E-state index in [1.54, 1.807) is 6.92 Å². The minimum atomic E-state index is -0.957. The van der Waals surface area contributed by atoms with Gasteiger partial charge in [0.25, 0.3) is 0 Å². The van der Waals surface area contributed by atoms with E-state index in [2.05, 4.69) is 0 Å².